The lowest BCUT2D eigenvalue weighted by Crippen LogP contribution is -2.63. The molecule has 17 N–H and O–H groups in total. The normalized spacial score (nSPS) is 22.3. The minimum absolute atomic E-state index is 0.0287. The number of aliphatic hydroxyl groups is 2. The Balaban J connectivity index is 1.22. The van der Waals surface area contributed by atoms with Crippen molar-refractivity contribution >= 4 is 91.6 Å². The minimum atomic E-state index is -1.85. The monoisotopic (exact) mass is 1430 g/mol. The molecule has 28 heteroatoms. The van der Waals surface area contributed by atoms with Gasteiger partial charge >= 0.3 is 5.97 Å². The van der Waals surface area contributed by atoms with Gasteiger partial charge in [0.05, 0.1) is 18.2 Å². The van der Waals surface area contributed by atoms with Gasteiger partial charge in [-0.1, -0.05) is 181 Å². The highest BCUT2D eigenvalue weighted by atomic mass is 33.1. The molecular weight excluding hydrogens is 1350 g/mol. The number of nitrogens with one attached hydrogen (secondary N) is 11. The molecule has 26 nitrogen and oxygen atoms in total. The lowest BCUT2D eigenvalue weighted by atomic mass is 9.99. The number of nitrogens with two attached hydrogens (primary N) is 1. The van der Waals surface area contributed by atoms with Gasteiger partial charge in [0.2, 0.25) is 53.2 Å². The van der Waals surface area contributed by atoms with Crippen molar-refractivity contribution in [2.75, 3.05) is 11.5 Å². The summed E-state index contributed by atoms with van der Waals surface area (Å²) in [6.07, 6.45) is -2.76. The van der Waals surface area contributed by atoms with Crippen molar-refractivity contribution in [2.45, 2.75) is 151 Å². The number of aromatic hydroxyl groups is 1. The molecule has 0 aliphatic carbocycles. The van der Waals surface area contributed by atoms with Crippen LogP contribution in [0.1, 0.15) is 66.6 Å². The van der Waals surface area contributed by atoms with Crippen LogP contribution in [0.25, 0.3) is 10.9 Å². The Labute approximate surface area is 598 Å². The van der Waals surface area contributed by atoms with Crippen molar-refractivity contribution < 1.29 is 68.4 Å². The highest BCUT2D eigenvalue weighted by Gasteiger charge is 2.39. The lowest BCUT2D eigenvalue weighted by molar-refractivity contribution is -0.142. The largest absolute Gasteiger partial charge is 0.508 e. The van der Waals surface area contributed by atoms with E-state index >= 15 is 19.2 Å². The molecule has 1 saturated heterocycles. The fourth-order valence-electron chi connectivity index (χ4n) is 11.2. The molecule has 2 heterocycles. The van der Waals surface area contributed by atoms with Gasteiger partial charge in [-0.2, -0.15) is 0 Å². The number of H-pyrrole nitrogens is 1. The molecule has 1 aromatic heterocycles. The molecule has 8 rings (SSSR count). The van der Waals surface area contributed by atoms with E-state index in [1.165, 1.54) is 26.0 Å². The Hall–Kier alpha value is -10.1. The highest BCUT2D eigenvalue weighted by molar-refractivity contribution is 8.76. The van der Waals surface area contributed by atoms with Gasteiger partial charge in [0.25, 0.3) is 0 Å². The van der Waals surface area contributed by atoms with Crippen LogP contribution in [0.5, 0.6) is 5.75 Å². The number of phenolic OH excluding ortho intramolecular Hbond substituents is 1. The Bertz CT molecular complexity index is 3980. The summed E-state index contributed by atoms with van der Waals surface area (Å²) in [6, 6.07) is 30.2. The van der Waals surface area contributed by atoms with Gasteiger partial charge in [0, 0.05) is 73.3 Å². The van der Waals surface area contributed by atoms with Crippen LogP contribution in [-0.2, 0) is 93.0 Å². The second kappa shape index (κ2) is 38.1. The maximum absolute atomic E-state index is 15.5. The van der Waals surface area contributed by atoms with E-state index in [2.05, 4.69) is 58.2 Å². The number of aliphatic hydroxyl groups excluding tert-OH is 2. The second-order valence-corrected chi connectivity index (χ2v) is 28.0. The topological polar surface area (TPSA) is 414 Å². The third-order valence-electron chi connectivity index (χ3n) is 16.9. The van der Waals surface area contributed by atoms with Gasteiger partial charge < -0.3 is 84.3 Å². The van der Waals surface area contributed by atoms with E-state index in [-0.39, 0.29) is 56.1 Å². The summed E-state index contributed by atoms with van der Waals surface area (Å²) in [7, 11) is 1.76. The number of carboxylic acid groups (broad SMARTS) is 1. The van der Waals surface area contributed by atoms with E-state index in [1.54, 1.807) is 128 Å². The first-order valence-corrected chi connectivity index (χ1v) is 35.9. The minimum Gasteiger partial charge on any atom is -0.508 e. The molecule has 7 aromatic rings. The van der Waals surface area contributed by atoms with Crippen LogP contribution in [0.15, 0.2) is 170 Å². The number of hydrogen-bond donors (Lipinski definition) is 16. The van der Waals surface area contributed by atoms with Gasteiger partial charge in [-0.3, -0.25) is 43.2 Å². The number of phenols is 1. The summed E-state index contributed by atoms with van der Waals surface area (Å²) in [5, 5.41) is 70.9. The molecule has 6 aromatic carbocycles. The van der Waals surface area contributed by atoms with Gasteiger partial charge in [0.1, 0.15) is 60.1 Å². The van der Waals surface area contributed by atoms with Crippen LogP contribution >= 0.6 is 21.6 Å². The zero-order valence-electron chi connectivity index (χ0n) is 56.8. The van der Waals surface area contributed by atoms with Gasteiger partial charge in [0.15, 0.2) is 0 Å². The number of benzene rings is 6. The number of hydrogen-bond acceptors (Lipinski definition) is 17. The zero-order valence-corrected chi connectivity index (χ0v) is 58.4. The van der Waals surface area contributed by atoms with Crippen LogP contribution in [0.3, 0.4) is 0 Å². The van der Waals surface area contributed by atoms with Crippen molar-refractivity contribution in [1.29, 1.82) is 0 Å². The number of para-hydroxylation sites is 1. The SMILES string of the molecule is CC(C)NCc1ccc(CC2NC(=O)C(Cc3c[nH]c4ccccc34)NC(=O)[C@H](Cc3ccccc3)NC(=O)C(Cc3ccccc3)NC(=O)[C@@H](NC(=O)[C@@H](N)Cc3ccc(O)cc3)CSSC[C@@H](C(=O)O)NC(=O)C([C@@H](C)O)NC(=O)[C@H](Cc3ccccc3)NC(=O)C([C@@H](C)O)NC2=O)cc1. The molecule has 0 radical (unpaired) electrons. The highest BCUT2D eigenvalue weighted by Crippen LogP contribution is 2.25. The summed E-state index contributed by atoms with van der Waals surface area (Å²) in [5.41, 5.74) is 11.3. The fraction of sp³-hybridized carbons (Fsp3) is 0.351. The molecular formula is C74H88N12O14S2. The molecule has 1 aliphatic rings. The predicted molar refractivity (Wildman–Crippen MR) is 388 cm³/mol. The number of carbonyl (C=O) groups is 10. The van der Waals surface area contributed by atoms with Crippen LogP contribution in [0, 0.1) is 0 Å². The number of aromatic nitrogens is 1. The predicted octanol–water partition coefficient (Wildman–Crippen LogP) is 2.06. The molecule has 102 heavy (non-hydrogen) atoms. The molecule has 0 saturated carbocycles. The number of aromatic amines is 1. The fourth-order valence-corrected chi connectivity index (χ4v) is 13.6. The summed E-state index contributed by atoms with van der Waals surface area (Å²) >= 11 is 0. The van der Waals surface area contributed by atoms with E-state index < -0.39 is 138 Å². The van der Waals surface area contributed by atoms with E-state index in [1.807, 2.05) is 44.2 Å². The first-order valence-electron chi connectivity index (χ1n) is 33.5. The van der Waals surface area contributed by atoms with Gasteiger partial charge in [-0.05, 0) is 77.4 Å². The van der Waals surface area contributed by atoms with Crippen LogP contribution < -0.4 is 58.9 Å². The average molecular weight is 1430 g/mol. The van der Waals surface area contributed by atoms with Crippen molar-refractivity contribution in [3.63, 3.8) is 0 Å². The maximum Gasteiger partial charge on any atom is 0.327 e. The van der Waals surface area contributed by atoms with Crippen LogP contribution in [0.4, 0.5) is 0 Å². The Morgan fingerprint density at radius 1 is 0.471 bits per heavy atom. The Morgan fingerprint density at radius 2 is 0.863 bits per heavy atom. The van der Waals surface area contributed by atoms with E-state index in [4.69, 9.17) is 5.73 Å². The van der Waals surface area contributed by atoms with E-state index in [0.717, 1.165) is 27.2 Å². The Kier molecular flexibility index (Phi) is 29.0. The Morgan fingerprint density at radius 3 is 1.33 bits per heavy atom. The quantitative estimate of drug-likeness (QED) is 0.0486. The molecule has 1 aliphatic heterocycles. The first kappa shape index (κ1) is 77.6. The molecule has 9 amide bonds. The molecule has 12 atom stereocenters. The number of carbonyl (C=O) groups excluding carboxylic acids is 9. The van der Waals surface area contributed by atoms with Gasteiger partial charge in [-0.15, -0.1) is 0 Å². The maximum atomic E-state index is 15.5. The molecule has 540 valence electrons. The van der Waals surface area contributed by atoms with Crippen molar-refractivity contribution in [1.82, 2.24) is 58.2 Å². The van der Waals surface area contributed by atoms with Crippen LogP contribution in [-0.4, -0.2) is 175 Å². The third-order valence-corrected chi connectivity index (χ3v) is 19.4. The van der Waals surface area contributed by atoms with Crippen molar-refractivity contribution in [3.8, 4) is 5.75 Å². The second-order valence-electron chi connectivity index (χ2n) is 25.5. The van der Waals surface area contributed by atoms with Gasteiger partial charge in [-0.25, -0.2) is 4.79 Å². The smallest absolute Gasteiger partial charge is 0.327 e. The summed E-state index contributed by atoms with van der Waals surface area (Å²) in [6.45, 7) is 6.88. The van der Waals surface area contributed by atoms with E-state index in [9.17, 15) is 49.2 Å². The summed E-state index contributed by atoms with van der Waals surface area (Å²) in [4.78, 5) is 150. The number of carboxylic acids is 1. The molecule has 5 unspecified atom stereocenters. The van der Waals surface area contributed by atoms with E-state index in [0.29, 0.717) is 50.8 Å². The summed E-state index contributed by atoms with van der Waals surface area (Å²) < 4.78 is 0. The number of fused-ring (bicyclic) bond motifs is 1. The number of amides is 9. The zero-order chi connectivity index (χ0) is 73.4. The molecule has 0 spiro atoms. The number of rotatable bonds is 20. The van der Waals surface area contributed by atoms with Crippen molar-refractivity contribution in [2.24, 2.45) is 5.73 Å². The van der Waals surface area contributed by atoms with Crippen molar-refractivity contribution in [3.05, 3.63) is 209 Å². The summed E-state index contributed by atoms with van der Waals surface area (Å²) in [5.74, 6) is -11.0. The average Bonchev–Trinajstić information content (AvgIpc) is 1.56. The molecule has 1 fully saturated rings. The van der Waals surface area contributed by atoms with Crippen LogP contribution in [0.2, 0.25) is 0 Å². The lowest BCUT2D eigenvalue weighted by Gasteiger charge is -2.29. The first-order chi connectivity index (χ1) is 48.9. The third kappa shape index (κ3) is 23.5. The number of aliphatic carboxylic acids is 1. The molecule has 0 bridgehead atoms. The standard InChI is InChI=1S/C74H88N12O14S2/c1-42(2)76-38-50-26-24-49(25-27-50)36-58-69(94)85-63(43(3)87)72(97)82-59(35-47-20-12-7-13-21-47)70(95)86-64(44(4)88)73(98)84-62(74(99)100)41-102-101-40-61(83-65(90)54(75)32-48-28-30-52(89)31-29-48)71(96)80-57(34-46-18-10-6-11-19-46)66(91)78-56(33-45-16-8-5-9-17-45)67(92)81-60(68(93)79-58)37-51-39-77-55-23-15-14-22-53(51)55/h5-31,39,42-44,54,56-64,76-77,87-89H,32-38,40-41,75H2,1-4H3,(H,78,91)(H,79,93)(H,80,96)(H,81,92)(H,82,97)(H,83,90)(H,84,98)(H,85,94)(H,86,95)(H,99,100)/t43-,44-,54+,56+,57?,58?,59+,60?,61+,62+,63?,64?/m1/s1.